The van der Waals surface area contributed by atoms with Gasteiger partial charge in [-0.2, -0.15) is 0 Å². The molecule has 0 spiro atoms. The number of thiophene rings is 1. The van der Waals surface area contributed by atoms with Gasteiger partial charge in [0.05, 0.1) is 4.90 Å². The van der Waals surface area contributed by atoms with Crippen molar-refractivity contribution in [2.75, 3.05) is 0 Å². The van der Waals surface area contributed by atoms with E-state index in [9.17, 15) is 8.42 Å². The highest BCUT2D eigenvalue weighted by atomic mass is 32.2. The molecular formula is C23H20N2O2S2. The van der Waals surface area contributed by atoms with Gasteiger partial charge in [0, 0.05) is 29.4 Å². The molecule has 2 aromatic carbocycles. The van der Waals surface area contributed by atoms with Crippen molar-refractivity contribution in [3.63, 3.8) is 0 Å². The lowest BCUT2D eigenvalue weighted by atomic mass is 10.0. The molecule has 2 aromatic heterocycles. The number of nitrogens with one attached hydrogen (secondary N) is 1. The van der Waals surface area contributed by atoms with Crippen LogP contribution in [0.2, 0.25) is 0 Å². The van der Waals surface area contributed by atoms with Crippen LogP contribution in [0.1, 0.15) is 11.1 Å². The lowest BCUT2D eigenvalue weighted by Gasteiger charge is -2.09. The highest BCUT2D eigenvalue weighted by molar-refractivity contribution is 7.89. The van der Waals surface area contributed by atoms with Gasteiger partial charge in [-0.1, -0.05) is 48.0 Å². The summed E-state index contributed by atoms with van der Waals surface area (Å²) in [6, 6.07) is 21.0. The fourth-order valence-electron chi connectivity index (χ4n) is 3.00. The number of aryl methyl sites for hydroxylation is 1. The van der Waals surface area contributed by atoms with Gasteiger partial charge in [-0.25, -0.2) is 13.1 Å². The number of rotatable bonds is 6. The third-order valence-corrected chi connectivity index (χ3v) is 6.95. The summed E-state index contributed by atoms with van der Waals surface area (Å²) in [4.78, 5) is 5.59. The molecule has 0 radical (unpaired) electrons. The van der Waals surface area contributed by atoms with Crippen LogP contribution < -0.4 is 4.72 Å². The molecule has 0 saturated carbocycles. The Morgan fingerprint density at radius 1 is 0.897 bits per heavy atom. The summed E-state index contributed by atoms with van der Waals surface area (Å²) in [5, 5.41) is 2.00. The number of hydrogen-bond donors (Lipinski definition) is 1. The molecule has 0 aliphatic heterocycles. The van der Waals surface area contributed by atoms with Crippen molar-refractivity contribution in [1.29, 1.82) is 0 Å². The molecule has 0 aliphatic carbocycles. The maximum absolute atomic E-state index is 12.7. The van der Waals surface area contributed by atoms with Crippen molar-refractivity contribution in [3.05, 3.63) is 95.6 Å². The monoisotopic (exact) mass is 420 g/mol. The van der Waals surface area contributed by atoms with Gasteiger partial charge in [0.2, 0.25) is 10.0 Å². The van der Waals surface area contributed by atoms with Crippen LogP contribution in [0.25, 0.3) is 21.6 Å². The number of aromatic nitrogens is 1. The highest BCUT2D eigenvalue weighted by Gasteiger charge is 2.14. The summed E-state index contributed by atoms with van der Waals surface area (Å²) in [5.41, 5.74) is 5.03. The Balaban J connectivity index is 1.48. The summed E-state index contributed by atoms with van der Waals surface area (Å²) < 4.78 is 28.0. The van der Waals surface area contributed by atoms with E-state index in [4.69, 9.17) is 0 Å². The van der Waals surface area contributed by atoms with Gasteiger partial charge in [0.25, 0.3) is 0 Å². The largest absolute Gasteiger partial charge is 0.264 e. The number of nitrogens with zero attached hydrogens (tertiary/aromatic N) is 1. The predicted octanol–water partition coefficient (Wildman–Crippen LogP) is 5.26. The normalized spacial score (nSPS) is 11.5. The lowest BCUT2D eigenvalue weighted by molar-refractivity contribution is 0.581. The number of pyridine rings is 1. The second-order valence-electron chi connectivity index (χ2n) is 6.77. The summed E-state index contributed by atoms with van der Waals surface area (Å²) in [6.07, 6.45) is 3.47. The van der Waals surface area contributed by atoms with Crippen molar-refractivity contribution in [2.24, 2.45) is 0 Å². The van der Waals surface area contributed by atoms with Crippen molar-refractivity contribution in [2.45, 2.75) is 18.4 Å². The zero-order valence-corrected chi connectivity index (χ0v) is 17.5. The maximum atomic E-state index is 12.7. The average Bonchev–Trinajstić information content (AvgIpc) is 3.28. The van der Waals surface area contributed by atoms with E-state index >= 15 is 0 Å². The Labute approximate surface area is 175 Å². The summed E-state index contributed by atoms with van der Waals surface area (Å²) in [7, 11) is -3.61. The molecule has 0 atom stereocenters. The van der Waals surface area contributed by atoms with E-state index in [0.29, 0.717) is 0 Å². The molecule has 4 rings (SSSR count). The van der Waals surface area contributed by atoms with E-state index in [-0.39, 0.29) is 11.4 Å². The molecule has 4 nitrogen and oxygen atoms in total. The first kappa shape index (κ1) is 19.5. The third-order valence-electron chi connectivity index (χ3n) is 4.62. The fraction of sp³-hybridized carbons (Fsp3) is 0.0870. The van der Waals surface area contributed by atoms with Gasteiger partial charge in [0.1, 0.15) is 0 Å². The van der Waals surface area contributed by atoms with E-state index in [2.05, 4.69) is 9.71 Å². The van der Waals surface area contributed by atoms with Crippen molar-refractivity contribution in [3.8, 4) is 21.6 Å². The minimum Gasteiger partial charge on any atom is -0.264 e. The maximum Gasteiger partial charge on any atom is 0.240 e. The van der Waals surface area contributed by atoms with Gasteiger partial charge in [-0.05, 0) is 53.3 Å². The van der Waals surface area contributed by atoms with Crippen molar-refractivity contribution >= 4 is 21.4 Å². The summed E-state index contributed by atoms with van der Waals surface area (Å²) in [6.45, 7) is 2.23. The first-order valence-electron chi connectivity index (χ1n) is 9.16. The number of hydrogen-bond acceptors (Lipinski definition) is 4. The Morgan fingerprint density at radius 3 is 2.24 bits per heavy atom. The smallest absolute Gasteiger partial charge is 0.240 e. The first-order chi connectivity index (χ1) is 14.0. The van der Waals surface area contributed by atoms with Crippen LogP contribution in [-0.4, -0.2) is 13.4 Å². The molecule has 2 heterocycles. The average molecular weight is 421 g/mol. The molecule has 0 saturated heterocycles. The Bertz CT molecular complexity index is 1200. The standard InChI is InChI=1S/C23H20N2O2S2/c1-17-4-6-19(7-5-17)20-8-10-22(11-9-20)29(26,27)25-15-18-13-21(16-24-14-18)23-3-2-12-28-23/h2-14,16,25H,15H2,1H3. The van der Waals surface area contributed by atoms with Gasteiger partial charge in [0.15, 0.2) is 0 Å². The Hall–Kier alpha value is -2.80. The van der Waals surface area contributed by atoms with Gasteiger partial charge < -0.3 is 0 Å². The molecule has 0 fully saturated rings. The second-order valence-corrected chi connectivity index (χ2v) is 9.49. The van der Waals surface area contributed by atoms with Gasteiger partial charge >= 0.3 is 0 Å². The van der Waals surface area contributed by atoms with E-state index in [1.165, 1.54) is 5.56 Å². The minimum atomic E-state index is -3.61. The van der Waals surface area contributed by atoms with Crippen LogP contribution in [0.5, 0.6) is 0 Å². The van der Waals surface area contributed by atoms with Crippen LogP contribution in [0.15, 0.2) is 89.4 Å². The molecule has 29 heavy (non-hydrogen) atoms. The van der Waals surface area contributed by atoms with E-state index in [0.717, 1.165) is 27.1 Å². The van der Waals surface area contributed by atoms with Crippen molar-refractivity contribution < 1.29 is 8.42 Å². The second kappa shape index (κ2) is 8.29. The van der Waals surface area contributed by atoms with E-state index < -0.39 is 10.0 Å². The molecule has 0 bridgehead atoms. The zero-order valence-electron chi connectivity index (χ0n) is 15.9. The van der Waals surface area contributed by atoms with Crippen LogP contribution in [-0.2, 0) is 16.6 Å². The van der Waals surface area contributed by atoms with E-state index in [1.54, 1.807) is 35.9 Å². The van der Waals surface area contributed by atoms with Crippen LogP contribution in [0, 0.1) is 6.92 Å². The first-order valence-corrected chi connectivity index (χ1v) is 11.5. The molecule has 1 N–H and O–H groups in total. The Morgan fingerprint density at radius 2 is 1.59 bits per heavy atom. The SMILES string of the molecule is Cc1ccc(-c2ccc(S(=O)(=O)NCc3cncc(-c4cccs4)c3)cc2)cc1. The lowest BCUT2D eigenvalue weighted by Crippen LogP contribution is -2.23. The fourth-order valence-corrected chi connectivity index (χ4v) is 4.72. The van der Waals surface area contributed by atoms with Crippen LogP contribution >= 0.6 is 11.3 Å². The number of benzene rings is 2. The Kier molecular flexibility index (Phi) is 5.58. The molecule has 0 unspecified atom stereocenters. The van der Waals surface area contributed by atoms with Crippen LogP contribution in [0.4, 0.5) is 0 Å². The zero-order chi connectivity index (χ0) is 20.3. The quantitative estimate of drug-likeness (QED) is 0.463. The van der Waals surface area contributed by atoms with Gasteiger partial charge in [-0.3, -0.25) is 4.98 Å². The highest BCUT2D eigenvalue weighted by Crippen LogP contribution is 2.25. The molecule has 0 amide bonds. The van der Waals surface area contributed by atoms with Gasteiger partial charge in [-0.15, -0.1) is 11.3 Å². The topological polar surface area (TPSA) is 59.1 Å². The number of sulfonamides is 1. The van der Waals surface area contributed by atoms with Crippen molar-refractivity contribution in [1.82, 2.24) is 9.71 Å². The molecule has 6 heteroatoms. The summed E-state index contributed by atoms with van der Waals surface area (Å²) >= 11 is 1.63. The van der Waals surface area contributed by atoms with Crippen LogP contribution in [0.3, 0.4) is 0 Å². The molecule has 4 aromatic rings. The summed E-state index contributed by atoms with van der Waals surface area (Å²) in [5.74, 6) is 0. The predicted molar refractivity (Wildman–Crippen MR) is 118 cm³/mol. The molecular weight excluding hydrogens is 400 g/mol. The third kappa shape index (κ3) is 4.62. The molecule has 0 aliphatic rings. The minimum absolute atomic E-state index is 0.189. The molecule has 146 valence electrons. The van der Waals surface area contributed by atoms with E-state index in [1.807, 2.05) is 66.9 Å².